The molecule has 5 nitrogen and oxygen atoms in total. The minimum Gasteiger partial charge on any atom is -0.497 e. The van der Waals surface area contributed by atoms with Gasteiger partial charge in [-0.05, 0) is 60.3 Å². The average molecular weight is 425 g/mol. The molecule has 7 heteroatoms. The molecule has 1 N–H and O–H groups in total. The SMILES string of the molecule is COc1ccc(NC2=C(c3cccs3)C(=O)N(c3cc(Cl)ccc3C)C2=O)cc1. The van der Waals surface area contributed by atoms with E-state index in [0.29, 0.717) is 27.7 Å². The van der Waals surface area contributed by atoms with E-state index in [-0.39, 0.29) is 11.6 Å². The Balaban J connectivity index is 1.79. The Morgan fingerprint density at radius 2 is 1.79 bits per heavy atom. The van der Waals surface area contributed by atoms with Gasteiger partial charge in [0, 0.05) is 15.6 Å². The number of halogens is 1. The molecular formula is C22H17ClN2O3S. The van der Waals surface area contributed by atoms with Gasteiger partial charge in [0.2, 0.25) is 0 Å². The van der Waals surface area contributed by atoms with Crippen LogP contribution in [0.4, 0.5) is 11.4 Å². The van der Waals surface area contributed by atoms with E-state index in [0.717, 1.165) is 10.4 Å². The van der Waals surface area contributed by atoms with Crippen LogP contribution in [0.5, 0.6) is 5.75 Å². The number of aryl methyl sites for hydroxylation is 1. The van der Waals surface area contributed by atoms with Crippen molar-refractivity contribution in [3.8, 4) is 5.75 Å². The Morgan fingerprint density at radius 1 is 1.03 bits per heavy atom. The minimum atomic E-state index is -0.417. The van der Waals surface area contributed by atoms with Crippen molar-refractivity contribution in [1.82, 2.24) is 0 Å². The lowest BCUT2D eigenvalue weighted by atomic mass is 10.1. The highest BCUT2D eigenvalue weighted by molar-refractivity contribution is 7.11. The van der Waals surface area contributed by atoms with Gasteiger partial charge in [0.05, 0.1) is 18.4 Å². The van der Waals surface area contributed by atoms with Crippen molar-refractivity contribution in [2.24, 2.45) is 0 Å². The normalized spacial score (nSPS) is 14.0. The molecule has 146 valence electrons. The van der Waals surface area contributed by atoms with E-state index in [1.165, 1.54) is 16.2 Å². The van der Waals surface area contributed by atoms with Gasteiger partial charge >= 0.3 is 0 Å². The van der Waals surface area contributed by atoms with Crippen LogP contribution in [0, 0.1) is 6.92 Å². The average Bonchev–Trinajstić information content (AvgIpc) is 3.32. The van der Waals surface area contributed by atoms with Gasteiger partial charge in [0.25, 0.3) is 11.8 Å². The van der Waals surface area contributed by atoms with Crippen molar-refractivity contribution >= 4 is 51.7 Å². The lowest BCUT2D eigenvalue weighted by Gasteiger charge is -2.18. The Morgan fingerprint density at radius 3 is 2.45 bits per heavy atom. The number of nitrogens with zero attached hydrogens (tertiary/aromatic N) is 1. The highest BCUT2D eigenvalue weighted by atomic mass is 35.5. The minimum absolute atomic E-state index is 0.238. The van der Waals surface area contributed by atoms with Crippen molar-refractivity contribution in [1.29, 1.82) is 0 Å². The number of ether oxygens (including phenoxy) is 1. The molecule has 1 aliphatic heterocycles. The molecule has 0 saturated heterocycles. The molecule has 29 heavy (non-hydrogen) atoms. The fourth-order valence-electron chi connectivity index (χ4n) is 3.16. The number of hydrogen-bond acceptors (Lipinski definition) is 5. The van der Waals surface area contributed by atoms with Crippen LogP contribution in [0.3, 0.4) is 0 Å². The Kier molecular flexibility index (Phi) is 5.13. The lowest BCUT2D eigenvalue weighted by molar-refractivity contribution is -0.120. The quantitative estimate of drug-likeness (QED) is 0.578. The number of nitrogens with one attached hydrogen (secondary N) is 1. The number of benzene rings is 2. The third-order valence-corrected chi connectivity index (χ3v) is 5.75. The van der Waals surface area contributed by atoms with E-state index >= 15 is 0 Å². The van der Waals surface area contributed by atoms with Gasteiger partial charge in [-0.15, -0.1) is 11.3 Å². The van der Waals surface area contributed by atoms with Gasteiger partial charge in [-0.1, -0.05) is 23.7 Å². The molecule has 0 spiro atoms. The largest absolute Gasteiger partial charge is 0.497 e. The van der Waals surface area contributed by atoms with E-state index in [2.05, 4.69) is 5.32 Å². The zero-order chi connectivity index (χ0) is 20.5. The summed E-state index contributed by atoms with van der Waals surface area (Å²) in [6.45, 7) is 1.84. The standard InChI is InChI=1S/C22H17ClN2O3S/c1-13-5-6-14(23)12-17(13)25-21(26)19(18-4-3-11-29-18)20(22(25)27)24-15-7-9-16(28-2)10-8-15/h3-12,24H,1-2H3. The summed E-state index contributed by atoms with van der Waals surface area (Å²) >= 11 is 7.54. The monoisotopic (exact) mass is 424 g/mol. The second-order valence-electron chi connectivity index (χ2n) is 6.46. The molecule has 2 aromatic carbocycles. The predicted molar refractivity (Wildman–Crippen MR) is 117 cm³/mol. The van der Waals surface area contributed by atoms with Crippen LogP contribution in [0.2, 0.25) is 5.02 Å². The van der Waals surface area contributed by atoms with Crippen LogP contribution >= 0.6 is 22.9 Å². The van der Waals surface area contributed by atoms with Crippen LogP contribution in [-0.4, -0.2) is 18.9 Å². The van der Waals surface area contributed by atoms with Crippen molar-refractivity contribution in [3.63, 3.8) is 0 Å². The molecule has 1 aliphatic rings. The zero-order valence-corrected chi connectivity index (χ0v) is 17.3. The first-order valence-corrected chi connectivity index (χ1v) is 10.1. The summed E-state index contributed by atoms with van der Waals surface area (Å²) in [4.78, 5) is 28.6. The number of thiophene rings is 1. The van der Waals surface area contributed by atoms with Gasteiger partial charge in [-0.2, -0.15) is 0 Å². The van der Waals surface area contributed by atoms with Crippen LogP contribution in [0.25, 0.3) is 5.57 Å². The first kappa shape index (κ1) is 19.2. The smallest absolute Gasteiger partial charge is 0.282 e. The van der Waals surface area contributed by atoms with E-state index in [1.807, 2.05) is 24.4 Å². The molecule has 2 heterocycles. The number of carbonyl (C=O) groups excluding carboxylic acids is 2. The Hall–Kier alpha value is -3.09. The molecular weight excluding hydrogens is 408 g/mol. The van der Waals surface area contributed by atoms with Crippen LogP contribution in [0.15, 0.2) is 65.7 Å². The highest BCUT2D eigenvalue weighted by Crippen LogP contribution is 2.37. The summed E-state index contributed by atoms with van der Waals surface area (Å²) in [6.07, 6.45) is 0. The number of methoxy groups -OCH3 is 1. The summed E-state index contributed by atoms with van der Waals surface area (Å²) in [5.74, 6) is -0.0913. The fraction of sp³-hybridized carbons (Fsp3) is 0.0909. The number of amides is 2. The number of carbonyl (C=O) groups is 2. The summed E-state index contributed by atoms with van der Waals surface area (Å²) in [5.41, 5.74) is 2.53. The number of imide groups is 1. The molecule has 3 aromatic rings. The number of hydrogen-bond donors (Lipinski definition) is 1. The van der Waals surface area contributed by atoms with Gasteiger partial charge in [-0.3, -0.25) is 9.59 Å². The summed E-state index contributed by atoms with van der Waals surface area (Å²) in [7, 11) is 1.59. The molecule has 0 fully saturated rings. The maximum absolute atomic E-state index is 13.3. The fourth-order valence-corrected chi connectivity index (χ4v) is 4.09. The molecule has 4 rings (SSSR count). The van der Waals surface area contributed by atoms with E-state index in [1.54, 1.807) is 49.6 Å². The van der Waals surface area contributed by atoms with Crippen molar-refractivity contribution in [2.75, 3.05) is 17.3 Å². The molecule has 2 amide bonds. The topological polar surface area (TPSA) is 58.6 Å². The predicted octanol–water partition coefficient (Wildman–Crippen LogP) is 5.12. The maximum atomic E-state index is 13.3. The summed E-state index contributed by atoms with van der Waals surface area (Å²) in [5, 5.41) is 5.46. The summed E-state index contributed by atoms with van der Waals surface area (Å²) in [6, 6.07) is 16.0. The third-order valence-electron chi connectivity index (χ3n) is 4.62. The van der Waals surface area contributed by atoms with Crippen LogP contribution in [0.1, 0.15) is 10.4 Å². The molecule has 0 radical (unpaired) electrons. The first-order valence-electron chi connectivity index (χ1n) is 8.83. The van der Waals surface area contributed by atoms with Gasteiger partial charge < -0.3 is 10.1 Å². The van der Waals surface area contributed by atoms with E-state index in [4.69, 9.17) is 16.3 Å². The van der Waals surface area contributed by atoms with Gasteiger partial charge in [0.1, 0.15) is 11.4 Å². The maximum Gasteiger partial charge on any atom is 0.282 e. The lowest BCUT2D eigenvalue weighted by Crippen LogP contribution is -2.33. The number of anilines is 2. The number of rotatable bonds is 5. The Bertz CT molecular complexity index is 1120. The molecule has 0 unspecified atom stereocenters. The molecule has 1 aromatic heterocycles. The highest BCUT2D eigenvalue weighted by Gasteiger charge is 2.41. The second kappa shape index (κ2) is 7.73. The first-order chi connectivity index (χ1) is 14.0. The molecule has 0 aliphatic carbocycles. The van der Waals surface area contributed by atoms with Crippen molar-refractivity contribution in [2.45, 2.75) is 6.92 Å². The second-order valence-corrected chi connectivity index (χ2v) is 7.84. The molecule has 0 atom stereocenters. The van der Waals surface area contributed by atoms with Crippen LogP contribution in [-0.2, 0) is 9.59 Å². The van der Waals surface area contributed by atoms with Gasteiger partial charge in [-0.25, -0.2) is 4.90 Å². The van der Waals surface area contributed by atoms with E-state index in [9.17, 15) is 9.59 Å². The third kappa shape index (κ3) is 3.52. The Labute approximate surface area is 177 Å². The summed E-state index contributed by atoms with van der Waals surface area (Å²) < 4.78 is 5.18. The van der Waals surface area contributed by atoms with Crippen molar-refractivity contribution in [3.05, 3.63) is 81.1 Å². The molecule has 0 saturated carbocycles. The molecule has 0 bridgehead atoms. The van der Waals surface area contributed by atoms with Crippen molar-refractivity contribution < 1.29 is 14.3 Å². The van der Waals surface area contributed by atoms with Gasteiger partial charge in [0.15, 0.2) is 0 Å². The van der Waals surface area contributed by atoms with E-state index < -0.39 is 5.91 Å². The van der Waals surface area contributed by atoms with Crippen LogP contribution < -0.4 is 15.0 Å². The zero-order valence-electron chi connectivity index (χ0n) is 15.7.